The summed E-state index contributed by atoms with van der Waals surface area (Å²) in [6.45, 7) is 3.89. The fourth-order valence-corrected chi connectivity index (χ4v) is 2.88. The van der Waals surface area contributed by atoms with Crippen LogP contribution in [0.1, 0.15) is 36.6 Å². The molecular formula is C17H20N4O. The van der Waals surface area contributed by atoms with Gasteiger partial charge in [-0.3, -0.25) is 4.98 Å². The van der Waals surface area contributed by atoms with Crippen LogP contribution in [0, 0.1) is 6.92 Å². The Morgan fingerprint density at radius 1 is 1.18 bits per heavy atom. The fourth-order valence-electron chi connectivity index (χ4n) is 2.88. The molecule has 5 nitrogen and oxygen atoms in total. The molecule has 1 saturated carbocycles. The number of nitrogens with zero attached hydrogens (tertiary/aromatic N) is 4. The molecule has 1 aliphatic carbocycles. The van der Waals surface area contributed by atoms with Gasteiger partial charge in [0.25, 0.3) is 0 Å². The molecule has 0 N–H and O–H groups in total. The van der Waals surface area contributed by atoms with E-state index in [0.717, 1.165) is 42.5 Å². The second-order valence-corrected chi connectivity index (χ2v) is 6.16. The third-order valence-electron chi connectivity index (χ3n) is 4.33. The van der Waals surface area contributed by atoms with E-state index < -0.39 is 0 Å². The van der Waals surface area contributed by atoms with Gasteiger partial charge >= 0.3 is 0 Å². The summed E-state index contributed by atoms with van der Waals surface area (Å²) in [6, 6.07) is 3.94. The normalized spacial score (nSPS) is 21.1. The Bertz CT molecular complexity index is 671. The molecule has 1 unspecified atom stereocenters. The van der Waals surface area contributed by atoms with Crippen molar-refractivity contribution in [1.82, 2.24) is 15.0 Å². The van der Waals surface area contributed by atoms with E-state index in [9.17, 15) is 0 Å². The minimum absolute atomic E-state index is 0.209. The van der Waals surface area contributed by atoms with Gasteiger partial charge in [-0.1, -0.05) is 0 Å². The van der Waals surface area contributed by atoms with Crippen molar-refractivity contribution >= 4 is 5.82 Å². The summed E-state index contributed by atoms with van der Waals surface area (Å²) in [6.07, 6.45) is 9.20. The van der Waals surface area contributed by atoms with Crippen LogP contribution in [0.4, 0.5) is 5.82 Å². The molecule has 0 radical (unpaired) electrons. The summed E-state index contributed by atoms with van der Waals surface area (Å²) >= 11 is 0. The van der Waals surface area contributed by atoms with E-state index in [1.807, 2.05) is 31.5 Å². The van der Waals surface area contributed by atoms with E-state index in [1.54, 1.807) is 6.20 Å². The smallest absolute Gasteiger partial charge is 0.133 e. The summed E-state index contributed by atoms with van der Waals surface area (Å²) in [5.41, 5.74) is 1.08. The zero-order chi connectivity index (χ0) is 14.9. The van der Waals surface area contributed by atoms with Crippen molar-refractivity contribution in [1.29, 1.82) is 0 Å². The van der Waals surface area contributed by atoms with Crippen molar-refractivity contribution in [3.05, 3.63) is 42.1 Å². The van der Waals surface area contributed by atoms with E-state index in [2.05, 4.69) is 14.9 Å². The van der Waals surface area contributed by atoms with Crippen molar-refractivity contribution in [3.63, 3.8) is 0 Å². The van der Waals surface area contributed by atoms with Gasteiger partial charge in [0.15, 0.2) is 0 Å². The average molecular weight is 296 g/mol. The van der Waals surface area contributed by atoms with Gasteiger partial charge in [0.05, 0.1) is 6.54 Å². The van der Waals surface area contributed by atoms with Crippen LogP contribution in [-0.2, 0) is 0 Å². The van der Waals surface area contributed by atoms with E-state index >= 15 is 0 Å². The molecule has 0 spiro atoms. The highest BCUT2D eigenvalue weighted by molar-refractivity contribution is 5.40. The molecule has 4 rings (SSSR count). The molecule has 2 aromatic heterocycles. The molecule has 1 aliphatic heterocycles. The van der Waals surface area contributed by atoms with Gasteiger partial charge in [-0.2, -0.15) is 0 Å². The highest BCUT2D eigenvalue weighted by Gasteiger charge is 2.29. The third kappa shape index (κ3) is 2.75. The van der Waals surface area contributed by atoms with Gasteiger partial charge in [0, 0.05) is 43.0 Å². The number of rotatable bonds is 4. The molecule has 3 heterocycles. The highest BCUT2D eigenvalue weighted by Crippen LogP contribution is 2.38. The van der Waals surface area contributed by atoms with Gasteiger partial charge < -0.3 is 9.64 Å². The SMILES string of the molecule is Cc1cnccc1OC1CCN(c2ccnc(C3CC3)n2)C1. The predicted octanol–water partition coefficient (Wildman–Crippen LogP) is 2.72. The average Bonchev–Trinajstić information content (AvgIpc) is 3.29. The molecule has 0 bridgehead atoms. The lowest BCUT2D eigenvalue weighted by Crippen LogP contribution is -2.25. The highest BCUT2D eigenvalue weighted by atomic mass is 16.5. The summed E-state index contributed by atoms with van der Waals surface area (Å²) < 4.78 is 6.12. The first kappa shape index (κ1) is 13.5. The first-order valence-electron chi connectivity index (χ1n) is 7.95. The number of hydrogen-bond acceptors (Lipinski definition) is 5. The third-order valence-corrected chi connectivity index (χ3v) is 4.33. The predicted molar refractivity (Wildman–Crippen MR) is 84.2 cm³/mol. The van der Waals surface area contributed by atoms with Gasteiger partial charge in [-0.25, -0.2) is 9.97 Å². The quantitative estimate of drug-likeness (QED) is 0.868. The van der Waals surface area contributed by atoms with Crippen molar-refractivity contribution < 1.29 is 4.74 Å². The van der Waals surface area contributed by atoms with Crippen LogP contribution >= 0.6 is 0 Å². The zero-order valence-electron chi connectivity index (χ0n) is 12.8. The summed E-state index contributed by atoms with van der Waals surface area (Å²) in [7, 11) is 0. The van der Waals surface area contributed by atoms with Crippen LogP contribution in [0.5, 0.6) is 5.75 Å². The van der Waals surface area contributed by atoms with Crippen LogP contribution in [0.2, 0.25) is 0 Å². The summed E-state index contributed by atoms with van der Waals surface area (Å²) in [5, 5.41) is 0. The largest absolute Gasteiger partial charge is 0.488 e. The van der Waals surface area contributed by atoms with Crippen molar-refractivity contribution in [2.75, 3.05) is 18.0 Å². The Kier molecular flexibility index (Phi) is 3.41. The Morgan fingerprint density at radius 3 is 2.91 bits per heavy atom. The van der Waals surface area contributed by atoms with E-state index in [4.69, 9.17) is 9.72 Å². The van der Waals surface area contributed by atoms with Gasteiger partial charge in [-0.05, 0) is 31.9 Å². The topological polar surface area (TPSA) is 51.1 Å². The van der Waals surface area contributed by atoms with Gasteiger partial charge in [0.2, 0.25) is 0 Å². The number of hydrogen-bond donors (Lipinski definition) is 0. The molecule has 1 saturated heterocycles. The molecule has 2 fully saturated rings. The molecule has 2 aliphatic rings. The van der Waals surface area contributed by atoms with Crippen molar-refractivity contribution in [2.45, 2.75) is 38.2 Å². The van der Waals surface area contributed by atoms with Crippen LogP contribution in [0.3, 0.4) is 0 Å². The standard InChI is InChI=1S/C17H20N4O/c1-12-10-18-7-4-15(12)22-14-6-9-21(11-14)16-5-8-19-17(20-16)13-2-3-13/h4-5,7-8,10,13-14H,2-3,6,9,11H2,1H3. The molecular weight excluding hydrogens is 276 g/mol. The lowest BCUT2D eigenvalue weighted by molar-refractivity contribution is 0.223. The number of pyridine rings is 1. The minimum atomic E-state index is 0.209. The zero-order valence-corrected chi connectivity index (χ0v) is 12.8. The summed E-state index contributed by atoms with van der Waals surface area (Å²) in [5.74, 6) is 3.57. The van der Waals surface area contributed by atoms with E-state index in [1.165, 1.54) is 12.8 Å². The Hall–Kier alpha value is -2.17. The van der Waals surface area contributed by atoms with Crippen LogP contribution in [-0.4, -0.2) is 34.1 Å². The Balaban J connectivity index is 1.44. The number of aromatic nitrogens is 3. The second-order valence-electron chi connectivity index (χ2n) is 6.16. The monoisotopic (exact) mass is 296 g/mol. The fraction of sp³-hybridized carbons (Fsp3) is 0.471. The molecule has 2 aromatic rings. The molecule has 0 amide bonds. The maximum Gasteiger partial charge on any atom is 0.133 e. The first-order chi connectivity index (χ1) is 10.8. The number of ether oxygens (including phenoxy) is 1. The molecule has 114 valence electrons. The van der Waals surface area contributed by atoms with Crippen LogP contribution < -0.4 is 9.64 Å². The molecule has 5 heteroatoms. The van der Waals surface area contributed by atoms with E-state index in [0.29, 0.717) is 5.92 Å². The lowest BCUT2D eigenvalue weighted by atomic mass is 10.2. The Labute approximate surface area is 130 Å². The van der Waals surface area contributed by atoms with E-state index in [-0.39, 0.29) is 6.10 Å². The molecule has 1 atom stereocenters. The number of aryl methyl sites for hydroxylation is 1. The summed E-state index contributed by atoms with van der Waals surface area (Å²) in [4.78, 5) is 15.5. The van der Waals surface area contributed by atoms with Crippen LogP contribution in [0.15, 0.2) is 30.7 Å². The maximum atomic E-state index is 6.12. The van der Waals surface area contributed by atoms with Crippen LogP contribution in [0.25, 0.3) is 0 Å². The van der Waals surface area contributed by atoms with Gasteiger partial charge in [-0.15, -0.1) is 0 Å². The van der Waals surface area contributed by atoms with Crippen molar-refractivity contribution in [3.8, 4) is 5.75 Å². The lowest BCUT2D eigenvalue weighted by Gasteiger charge is -2.19. The molecule has 22 heavy (non-hydrogen) atoms. The first-order valence-corrected chi connectivity index (χ1v) is 7.95. The minimum Gasteiger partial charge on any atom is -0.488 e. The maximum absolute atomic E-state index is 6.12. The van der Waals surface area contributed by atoms with Crippen molar-refractivity contribution in [2.24, 2.45) is 0 Å². The second kappa shape index (κ2) is 5.55. The number of anilines is 1. The van der Waals surface area contributed by atoms with Gasteiger partial charge in [0.1, 0.15) is 23.5 Å². The Morgan fingerprint density at radius 2 is 2.09 bits per heavy atom. The molecule has 0 aromatic carbocycles.